The maximum absolute atomic E-state index is 4.29. The van der Waals surface area contributed by atoms with E-state index >= 15 is 0 Å². The molecule has 1 rings (SSSR count). The van der Waals surface area contributed by atoms with Crippen molar-refractivity contribution in [3.05, 3.63) is 23.8 Å². The van der Waals surface area contributed by atoms with Crippen LogP contribution in [0.2, 0.25) is 0 Å². The number of aryl methyl sites for hydroxylation is 1. The van der Waals surface area contributed by atoms with Gasteiger partial charge in [0.1, 0.15) is 0 Å². The summed E-state index contributed by atoms with van der Waals surface area (Å²) >= 11 is 0. The van der Waals surface area contributed by atoms with Crippen LogP contribution in [0.5, 0.6) is 0 Å². The van der Waals surface area contributed by atoms with Gasteiger partial charge in [0, 0.05) is 12.4 Å². The molecule has 0 aromatic carbocycles. The molecule has 0 N–H and O–H groups in total. The third kappa shape index (κ3) is 4.02. The molecular weight excluding hydrogens is 160 g/mol. The molecule has 74 valence electrons. The molecule has 0 atom stereocenters. The Labute approximate surface area is 81.4 Å². The van der Waals surface area contributed by atoms with Gasteiger partial charge in [0.15, 0.2) is 0 Å². The van der Waals surface area contributed by atoms with Crippen LogP contribution in [0.15, 0.2) is 12.4 Å². The van der Waals surface area contributed by atoms with Gasteiger partial charge < -0.3 is 0 Å². The smallest absolute Gasteiger partial charge is 0.0612 e. The van der Waals surface area contributed by atoms with E-state index in [0.717, 1.165) is 17.8 Å². The minimum Gasteiger partial charge on any atom is -0.258 e. The van der Waals surface area contributed by atoms with Gasteiger partial charge in [-0.3, -0.25) is 9.97 Å². The molecule has 0 aliphatic carbocycles. The van der Waals surface area contributed by atoms with Crippen LogP contribution in [0.4, 0.5) is 0 Å². The molecule has 0 fully saturated rings. The predicted octanol–water partition coefficient (Wildman–Crippen LogP) is 3.19. The summed E-state index contributed by atoms with van der Waals surface area (Å²) in [5.41, 5.74) is 2.14. The molecule has 0 unspecified atom stereocenters. The van der Waals surface area contributed by atoms with Crippen molar-refractivity contribution in [3.8, 4) is 0 Å². The molecule has 0 aliphatic rings. The topological polar surface area (TPSA) is 25.8 Å². The average molecular weight is 180 g/mol. The average Bonchev–Trinajstić information content (AvgIpc) is 2.21. The summed E-state index contributed by atoms with van der Waals surface area (Å²) in [4.78, 5) is 8.54. The van der Waals surface area contributed by atoms with Gasteiger partial charge in [-0.15, -0.1) is 0 Å². The first kappa shape index (κ1) is 12.1. The van der Waals surface area contributed by atoms with Crippen LogP contribution in [0.25, 0.3) is 0 Å². The molecule has 0 saturated heterocycles. The van der Waals surface area contributed by atoms with E-state index in [1.165, 1.54) is 0 Å². The van der Waals surface area contributed by atoms with E-state index in [2.05, 4.69) is 30.7 Å². The van der Waals surface area contributed by atoms with Gasteiger partial charge in [0.25, 0.3) is 0 Å². The van der Waals surface area contributed by atoms with Gasteiger partial charge >= 0.3 is 0 Å². The van der Waals surface area contributed by atoms with Crippen molar-refractivity contribution in [2.75, 3.05) is 0 Å². The van der Waals surface area contributed by atoms with E-state index in [1.54, 1.807) is 0 Å². The van der Waals surface area contributed by atoms with E-state index in [4.69, 9.17) is 0 Å². The standard InChI is InChI=1S/C9H14N2.C2H6/c1-4-8-5-11-9(6-10-8)7(2)3;1-2/h5-7H,4H2,1-3H3;1-2H3. The summed E-state index contributed by atoms with van der Waals surface area (Å²) in [7, 11) is 0. The Balaban J connectivity index is 0.000000671. The number of rotatable bonds is 2. The van der Waals surface area contributed by atoms with Crippen LogP contribution in [-0.4, -0.2) is 9.97 Å². The van der Waals surface area contributed by atoms with Gasteiger partial charge in [-0.2, -0.15) is 0 Å². The molecular formula is C11H20N2. The summed E-state index contributed by atoms with van der Waals surface area (Å²) in [6, 6.07) is 0. The zero-order chi connectivity index (χ0) is 10.3. The molecule has 0 radical (unpaired) electrons. The van der Waals surface area contributed by atoms with Crippen LogP contribution >= 0.6 is 0 Å². The summed E-state index contributed by atoms with van der Waals surface area (Å²) in [5, 5.41) is 0. The quantitative estimate of drug-likeness (QED) is 0.698. The fourth-order valence-electron chi connectivity index (χ4n) is 0.845. The summed E-state index contributed by atoms with van der Waals surface area (Å²) in [6.45, 7) is 10.3. The number of hydrogen-bond donors (Lipinski definition) is 0. The lowest BCUT2D eigenvalue weighted by Gasteiger charge is -2.02. The zero-order valence-electron chi connectivity index (χ0n) is 9.33. The third-order valence-corrected chi connectivity index (χ3v) is 1.68. The normalized spacial score (nSPS) is 9.38. The minimum atomic E-state index is 0.480. The lowest BCUT2D eigenvalue weighted by Crippen LogP contribution is -1.96. The van der Waals surface area contributed by atoms with Crippen LogP contribution < -0.4 is 0 Å². The SMILES string of the molecule is CC.CCc1cnc(C(C)C)cn1. The highest BCUT2D eigenvalue weighted by Gasteiger charge is 1.99. The molecule has 1 aromatic rings. The van der Waals surface area contributed by atoms with E-state index in [-0.39, 0.29) is 0 Å². The van der Waals surface area contributed by atoms with Crippen LogP contribution in [0.3, 0.4) is 0 Å². The van der Waals surface area contributed by atoms with Gasteiger partial charge in [-0.1, -0.05) is 34.6 Å². The molecule has 0 aliphatic heterocycles. The largest absolute Gasteiger partial charge is 0.258 e. The fraction of sp³-hybridized carbons (Fsp3) is 0.636. The Morgan fingerprint density at radius 1 is 1.15 bits per heavy atom. The Morgan fingerprint density at radius 2 is 1.77 bits per heavy atom. The molecule has 0 bridgehead atoms. The van der Waals surface area contributed by atoms with Crippen LogP contribution in [-0.2, 0) is 6.42 Å². The molecule has 0 spiro atoms. The van der Waals surface area contributed by atoms with E-state index < -0.39 is 0 Å². The molecule has 13 heavy (non-hydrogen) atoms. The third-order valence-electron chi connectivity index (χ3n) is 1.68. The lowest BCUT2D eigenvalue weighted by atomic mass is 10.1. The minimum absolute atomic E-state index is 0.480. The summed E-state index contributed by atoms with van der Waals surface area (Å²) in [6.07, 6.45) is 4.68. The molecule has 0 amide bonds. The zero-order valence-corrected chi connectivity index (χ0v) is 9.33. The summed E-state index contributed by atoms with van der Waals surface area (Å²) < 4.78 is 0. The number of aromatic nitrogens is 2. The molecule has 1 aromatic heterocycles. The monoisotopic (exact) mass is 180 g/mol. The second-order valence-corrected chi connectivity index (χ2v) is 2.94. The van der Waals surface area contributed by atoms with Crippen molar-refractivity contribution in [2.24, 2.45) is 0 Å². The highest BCUT2D eigenvalue weighted by molar-refractivity contribution is 5.05. The highest BCUT2D eigenvalue weighted by atomic mass is 14.8. The number of hydrogen-bond acceptors (Lipinski definition) is 2. The van der Waals surface area contributed by atoms with Gasteiger partial charge in [0.05, 0.1) is 11.4 Å². The highest BCUT2D eigenvalue weighted by Crippen LogP contribution is 2.08. The van der Waals surface area contributed by atoms with Crippen molar-refractivity contribution in [1.29, 1.82) is 0 Å². The predicted molar refractivity (Wildman–Crippen MR) is 56.8 cm³/mol. The second-order valence-electron chi connectivity index (χ2n) is 2.94. The second kappa shape index (κ2) is 6.58. The van der Waals surface area contributed by atoms with Crippen molar-refractivity contribution < 1.29 is 0 Å². The first-order valence-electron chi connectivity index (χ1n) is 5.04. The molecule has 1 heterocycles. The Morgan fingerprint density at radius 3 is 2.08 bits per heavy atom. The summed E-state index contributed by atoms with van der Waals surface area (Å²) in [5.74, 6) is 0.480. The maximum Gasteiger partial charge on any atom is 0.0612 e. The lowest BCUT2D eigenvalue weighted by molar-refractivity contribution is 0.801. The Hall–Kier alpha value is -0.920. The van der Waals surface area contributed by atoms with E-state index in [0.29, 0.717) is 5.92 Å². The maximum atomic E-state index is 4.29. The first-order valence-corrected chi connectivity index (χ1v) is 5.04. The van der Waals surface area contributed by atoms with E-state index in [1.807, 2.05) is 26.2 Å². The van der Waals surface area contributed by atoms with Gasteiger partial charge in [0.2, 0.25) is 0 Å². The van der Waals surface area contributed by atoms with Gasteiger partial charge in [-0.05, 0) is 12.3 Å². The van der Waals surface area contributed by atoms with E-state index in [9.17, 15) is 0 Å². The van der Waals surface area contributed by atoms with Crippen LogP contribution in [0.1, 0.15) is 51.9 Å². The van der Waals surface area contributed by atoms with Crippen molar-refractivity contribution >= 4 is 0 Å². The molecule has 2 nitrogen and oxygen atoms in total. The Bertz CT molecular complexity index is 214. The molecule has 0 saturated carbocycles. The fourth-order valence-corrected chi connectivity index (χ4v) is 0.845. The van der Waals surface area contributed by atoms with Crippen molar-refractivity contribution in [1.82, 2.24) is 9.97 Å². The van der Waals surface area contributed by atoms with Crippen molar-refractivity contribution in [3.63, 3.8) is 0 Å². The van der Waals surface area contributed by atoms with Gasteiger partial charge in [-0.25, -0.2) is 0 Å². The Kier molecular flexibility index (Phi) is 6.11. The van der Waals surface area contributed by atoms with Crippen LogP contribution in [0, 0.1) is 0 Å². The molecule has 2 heteroatoms. The van der Waals surface area contributed by atoms with Crippen molar-refractivity contribution in [2.45, 2.75) is 47.0 Å². The number of nitrogens with zero attached hydrogens (tertiary/aromatic N) is 2. The first-order chi connectivity index (χ1) is 6.24.